The van der Waals surface area contributed by atoms with E-state index in [9.17, 15) is 18.5 Å². The minimum Gasteiger partial charge on any atom is -0.393 e. The van der Waals surface area contributed by atoms with Crippen LogP contribution in [0.25, 0.3) is 0 Å². The van der Waals surface area contributed by atoms with Gasteiger partial charge in [0.15, 0.2) is 0 Å². The molecule has 8 nitrogen and oxygen atoms in total. The molecule has 0 atom stereocenters. The van der Waals surface area contributed by atoms with Crippen LogP contribution in [0.5, 0.6) is 0 Å². The molecule has 0 bridgehead atoms. The maximum Gasteiger partial charge on any atom is 0.292 e. The second-order valence-corrected chi connectivity index (χ2v) is 9.35. The number of nitro groups is 1. The van der Waals surface area contributed by atoms with Gasteiger partial charge in [-0.3, -0.25) is 10.1 Å². The topological polar surface area (TPSA) is 110 Å². The van der Waals surface area contributed by atoms with Crippen molar-refractivity contribution in [2.45, 2.75) is 9.79 Å². The normalized spacial score (nSPS) is 15.7. The number of sulfonamides is 1. The van der Waals surface area contributed by atoms with Crippen LogP contribution in [0, 0.1) is 10.1 Å². The van der Waals surface area contributed by atoms with Crippen molar-refractivity contribution >= 4 is 38.8 Å². The first-order valence-corrected chi connectivity index (χ1v) is 10.9. The third-order valence-corrected chi connectivity index (χ3v) is 6.64. The molecule has 27 heavy (non-hydrogen) atoms. The van der Waals surface area contributed by atoms with Crippen LogP contribution in [-0.2, 0) is 10.0 Å². The Labute approximate surface area is 162 Å². The van der Waals surface area contributed by atoms with Crippen LogP contribution >= 0.6 is 11.8 Å². The molecule has 0 amide bonds. The zero-order valence-electron chi connectivity index (χ0n) is 14.7. The number of piperazine rings is 1. The molecule has 2 N–H and O–H groups in total. The molecule has 2 aromatic rings. The zero-order valence-corrected chi connectivity index (χ0v) is 16.4. The van der Waals surface area contributed by atoms with Gasteiger partial charge in [-0.05, 0) is 36.4 Å². The monoisotopic (exact) mass is 408 g/mol. The van der Waals surface area contributed by atoms with Gasteiger partial charge in [-0.25, -0.2) is 8.42 Å². The highest BCUT2D eigenvalue weighted by atomic mass is 32.2. The number of nitrogen functional groups attached to an aromatic ring is 1. The van der Waals surface area contributed by atoms with Gasteiger partial charge in [0.25, 0.3) is 5.69 Å². The average molecular weight is 409 g/mol. The highest BCUT2D eigenvalue weighted by molar-refractivity contribution is 7.99. The molecule has 0 spiro atoms. The number of hydrogen-bond acceptors (Lipinski definition) is 7. The Balaban J connectivity index is 1.64. The van der Waals surface area contributed by atoms with Crippen molar-refractivity contribution in [3.8, 4) is 0 Å². The van der Waals surface area contributed by atoms with E-state index < -0.39 is 14.9 Å². The standard InChI is InChI=1S/C17H20N4O4S2/c1-27(24,25)20-10-8-19(9-11-20)13-2-4-14(5-3-13)26-15-6-7-17(21(22)23)16(18)12-15/h2-7,12H,8-11,18H2,1H3. The molecular weight excluding hydrogens is 388 g/mol. The molecule has 1 fully saturated rings. The van der Waals surface area contributed by atoms with E-state index in [1.165, 1.54) is 28.4 Å². The fourth-order valence-corrected chi connectivity index (χ4v) is 4.59. The molecule has 1 aliphatic rings. The van der Waals surface area contributed by atoms with Gasteiger partial charge in [0.1, 0.15) is 5.69 Å². The van der Waals surface area contributed by atoms with Gasteiger partial charge >= 0.3 is 0 Å². The molecule has 1 heterocycles. The van der Waals surface area contributed by atoms with Crippen molar-refractivity contribution in [3.63, 3.8) is 0 Å². The van der Waals surface area contributed by atoms with Crippen LogP contribution in [0.4, 0.5) is 17.1 Å². The Bertz CT molecular complexity index is 940. The van der Waals surface area contributed by atoms with Gasteiger partial charge < -0.3 is 10.6 Å². The molecule has 0 unspecified atom stereocenters. The molecule has 10 heteroatoms. The van der Waals surface area contributed by atoms with Gasteiger partial charge in [-0.1, -0.05) is 11.8 Å². The van der Waals surface area contributed by atoms with Gasteiger partial charge in [-0.15, -0.1) is 0 Å². The minimum atomic E-state index is -3.13. The van der Waals surface area contributed by atoms with Crippen molar-refractivity contribution in [3.05, 3.63) is 52.6 Å². The summed E-state index contributed by atoms with van der Waals surface area (Å²) in [6, 6.07) is 12.6. The molecule has 0 radical (unpaired) electrons. The highest BCUT2D eigenvalue weighted by Gasteiger charge is 2.23. The first kappa shape index (κ1) is 19.5. The number of rotatable bonds is 5. The van der Waals surface area contributed by atoms with Crippen LogP contribution in [0.15, 0.2) is 52.3 Å². The minimum absolute atomic E-state index is 0.0945. The van der Waals surface area contributed by atoms with Gasteiger partial charge in [0, 0.05) is 47.7 Å². The first-order chi connectivity index (χ1) is 12.7. The molecule has 144 valence electrons. The molecule has 0 aromatic heterocycles. The maximum atomic E-state index is 11.6. The van der Waals surface area contributed by atoms with Gasteiger partial charge in [0.2, 0.25) is 10.0 Å². The lowest BCUT2D eigenvalue weighted by atomic mass is 10.2. The molecule has 0 saturated carbocycles. The van der Waals surface area contributed by atoms with Gasteiger partial charge in [-0.2, -0.15) is 4.31 Å². The summed E-state index contributed by atoms with van der Waals surface area (Å²) in [7, 11) is -3.13. The van der Waals surface area contributed by atoms with E-state index in [-0.39, 0.29) is 11.4 Å². The predicted octanol–water partition coefficient (Wildman–Crippen LogP) is 2.41. The van der Waals surface area contributed by atoms with E-state index in [0.717, 1.165) is 15.5 Å². The smallest absolute Gasteiger partial charge is 0.292 e. The van der Waals surface area contributed by atoms with E-state index in [1.54, 1.807) is 12.1 Å². The van der Waals surface area contributed by atoms with Crippen LogP contribution in [0.2, 0.25) is 0 Å². The molecule has 1 aliphatic heterocycles. The third kappa shape index (κ3) is 4.71. The summed E-state index contributed by atoms with van der Waals surface area (Å²) >= 11 is 1.47. The fourth-order valence-electron chi connectivity index (χ4n) is 2.90. The second kappa shape index (κ2) is 7.75. The van der Waals surface area contributed by atoms with Crippen molar-refractivity contribution < 1.29 is 13.3 Å². The quantitative estimate of drug-likeness (QED) is 0.459. The van der Waals surface area contributed by atoms with Crippen molar-refractivity contribution in [2.75, 3.05) is 43.1 Å². The lowest BCUT2D eigenvalue weighted by Gasteiger charge is -2.34. The molecule has 0 aliphatic carbocycles. The lowest BCUT2D eigenvalue weighted by Crippen LogP contribution is -2.48. The lowest BCUT2D eigenvalue weighted by molar-refractivity contribution is -0.383. The van der Waals surface area contributed by atoms with Crippen LogP contribution < -0.4 is 10.6 Å². The van der Waals surface area contributed by atoms with Crippen LogP contribution in [-0.4, -0.2) is 50.1 Å². The Kier molecular flexibility index (Phi) is 5.59. The summed E-state index contributed by atoms with van der Waals surface area (Å²) in [4.78, 5) is 14.3. The Morgan fingerprint density at radius 1 is 1.04 bits per heavy atom. The Morgan fingerprint density at radius 2 is 1.63 bits per heavy atom. The summed E-state index contributed by atoms with van der Waals surface area (Å²) in [6.07, 6.45) is 1.24. The average Bonchev–Trinajstić information content (AvgIpc) is 2.61. The van der Waals surface area contributed by atoms with E-state index in [4.69, 9.17) is 5.73 Å². The van der Waals surface area contributed by atoms with Crippen LogP contribution in [0.3, 0.4) is 0 Å². The number of nitrogens with zero attached hydrogens (tertiary/aromatic N) is 3. The highest BCUT2D eigenvalue weighted by Crippen LogP contribution is 2.33. The number of anilines is 2. The summed E-state index contributed by atoms with van der Waals surface area (Å²) in [5.74, 6) is 0. The van der Waals surface area contributed by atoms with E-state index in [2.05, 4.69) is 4.90 Å². The second-order valence-electron chi connectivity index (χ2n) is 6.22. The summed E-state index contributed by atoms with van der Waals surface area (Å²) in [6.45, 7) is 2.27. The number of benzene rings is 2. The molecular formula is C17H20N4O4S2. The fraction of sp³-hybridized carbons (Fsp3) is 0.294. The summed E-state index contributed by atoms with van der Waals surface area (Å²) in [5.41, 5.74) is 6.82. The Morgan fingerprint density at radius 3 is 2.15 bits per heavy atom. The number of nitro benzene ring substituents is 1. The van der Waals surface area contributed by atoms with Crippen LogP contribution in [0.1, 0.15) is 0 Å². The van der Waals surface area contributed by atoms with Crippen molar-refractivity contribution in [1.82, 2.24) is 4.31 Å². The van der Waals surface area contributed by atoms with Crippen molar-refractivity contribution in [2.24, 2.45) is 0 Å². The van der Waals surface area contributed by atoms with Gasteiger partial charge in [0.05, 0.1) is 11.2 Å². The number of nitrogens with two attached hydrogens (primary N) is 1. The SMILES string of the molecule is CS(=O)(=O)N1CCN(c2ccc(Sc3ccc([N+](=O)[O-])c(N)c3)cc2)CC1. The number of hydrogen-bond donors (Lipinski definition) is 1. The zero-order chi connectivity index (χ0) is 19.6. The van der Waals surface area contributed by atoms with Crippen molar-refractivity contribution in [1.29, 1.82) is 0 Å². The molecule has 1 saturated heterocycles. The first-order valence-electron chi connectivity index (χ1n) is 8.26. The molecule has 3 rings (SSSR count). The van der Waals surface area contributed by atoms with E-state index in [0.29, 0.717) is 26.2 Å². The maximum absolute atomic E-state index is 11.6. The Hall–Kier alpha value is -2.30. The summed E-state index contributed by atoms with van der Waals surface area (Å²) < 4.78 is 24.7. The third-order valence-electron chi connectivity index (χ3n) is 4.34. The molecule has 2 aromatic carbocycles. The largest absolute Gasteiger partial charge is 0.393 e. The van der Waals surface area contributed by atoms with E-state index in [1.807, 2.05) is 24.3 Å². The summed E-state index contributed by atoms with van der Waals surface area (Å²) in [5, 5.41) is 10.8. The predicted molar refractivity (Wildman–Crippen MR) is 107 cm³/mol. The van der Waals surface area contributed by atoms with E-state index >= 15 is 0 Å².